The Kier molecular flexibility index (Phi) is 4.32. The smallest absolute Gasteiger partial charge is 0.302 e. The van der Waals surface area contributed by atoms with Crippen LogP contribution in [0.3, 0.4) is 0 Å². The Balaban J connectivity index is 1.55. The molecule has 4 saturated carbocycles. The second kappa shape index (κ2) is 6.13. The summed E-state index contributed by atoms with van der Waals surface area (Å²) in [7, 11) is 0. The van der Waals surface area contributed by atoms with Crippen LogP contribution < -0.4 is 0 Å². The van der Waals surface area contributed by atoms with Gasteiger partial charge in [0.2, 0.25) is 0 Å². The highest BCUT2D eigenvalue weighted by Crippen LogP contribution is 2.67. The zero-order valence-electron chi connectivity index (χ0n) is 16.6. The van der Waals surface area contributed by atoms with Crippen molar-refractivity contribution in [2.45, 2.75) is 91.6 Å². The predicted octanol–water partition coefficient (Wildman–Crippen LogP) is 5.91. The van der Waals surface area contributed by atoms with Gasteiger partial charge in [0, 0.05) is 6.92 Å². The van der Waals surface area contributed by atoms with Crippen molar-refractivity contribution in [2.75, 3.05) is 0 Å². The highest BCUT2D eigenvalue weighted by molar-refractivity contribution is 5.66. The monoisotopic (exact) mass is 344 g/mol. The van der Waals surface area contributed by atoms with E-state index in [2.05, 4.69) is 26.8 Å². The zero-order valence-corrected chi connectivity index (χ0v) is 16.6. The molecule has 0 amide bonds. The van der Waals surface area contributed by atoms with Crippen LogP contribution in [0.25, 0.3) is 0 Å². The van der Waals surface area contributed by atoms with Crippen molar-refractivity contribution in [1.29, 1.82) is 0 Å². The Morgan fingerprint density at radius 3 is 2.60 bits per heavy atom. The maximum atomic E-state index is 11.4. The second-order valence-corrected chi connectivity index (χ2v) is 9.97. The molecule has 4 aliphatic rings. The van der Waals surface area contributed by atoms with Crippen LogP contribution in [0.2, 0.25) is 0 Å². The van der Waals surface area contributed by atoms with E-state index in [1.807, 2.05) is 0 Å². The van der Waals surface area contributed by atoms with E-state index in [1.54, 1.807) is 12.5 Å². The molecule has 2 heteroatoms. The third kappa shape index (κ3) is 2.61. The molecule has 25 heavy (non-hydrogen) atoms. The van der Waals surface area contributed by atoms with Crippen LogP contribution in [0.15, 0.2) is 11.6 Å². The molecule has 0 bridgehead atoms. The number of carbonyl (C=O) groups is 1. The van der Waals surface area contributed by atoms with E-state index < -0.39 is 0 Å². The zero-order chi connectivity index (χ0) is 17.8. The van der Waals surface area contributed by atoms with Crippen LogP contribution in [0.5, 0.6) is 0 Å². The van der Waals surface area contributed by atoms with Gasteiger partial charge in [-0.15, -0.1) is 0 Å². The van der Waals surface area contributed by atoms with Crippen LogP contribution in [-0.4, -0.2) is 12.1 Å². The topological polar surface area (TPSA) is 26.3 Å². The molecule has 0 aromatic carbocycles. The third-order valence-corrected chi connectivity index (χ3v) is 9.15. The lowest BCUT2D eigenvalue weighted by molar-refractivity contribution is -0.158. The maximum absolute atomic E-state index is 11.4. The highest BCUT2D eigenvalue weighted by Gasteiger charge is 2.59. The summed E-state index contributed by atoms with van der Waals surface area (Å²) in [6.45, 7) is 8.98. The first-order valence-electron chi connectivity index (χ1n) is 10.7. The highest BCUT2D eigenvalue weighted by atomic mass is 16.5. The standard InChI is InChI=1S/C23H36O2/c1-5-16-7-9-20-19-8-6-17-14-18(25-15(2)24)10-12-23(17,4)21(19)11-13-22(16,20)3/h5,17-21H,6-14H2,1-4H3/b16-5-. The van der Waals surface area contributed by atoms with Crippen molar-refractivity contribution in [1.82, 2.24) is 0 Å². The molecule has 0 saturated heterocycles. The molecule has 0 aliphatic heterocycles. The van der Waals surface area contributed by atoms with E-state index in [1.165, 1.54) is 44.9 Å². The number of allylic oxidation sites excluding steroid dienone is 2. The van der Waals surface area contributed by atoms with Gasteiger partial charge in [-0.05, 0) is 99.2 Å². The Labute approximate surface area is 153 Å². The van der Waals surface area contributed by atoms with Gasteiger partial charge in [-0.3, -0.25) is 4.79 Å². The first-order valence-corrected chi connectivity index (χ1v) is 10.7. The minimum atomic E-state index is -0.0967. The van der Waals surface area contributed by atoms with Crippen molar-refractivity contribution in [3.05, 3.63) is 11.6 Å². The lowest BCUT2D eigenvalue weighted by Crippen LogP contribution is -2.53. The van der Waals surface area contributed by atoms with Crippen LogP contribution in [0, 0.1) is 34.5 Å². The molecular weight excluding hydrogens is 308 g/mol. The molecule has 4 rings (SSSR count). The normalized spacial score (nSPS) is 50.7. The number of rotatable bonds is 1. The lowest BCUT2D eigenvalue weighted by Gasteiger charge is -2.60. The summed E-state index contributed by atoms with van der Waals surface area (Å²) >= 11 is 0. The van der Waals surface area contributed by atoms with Gasteiger partial charge < -0.3 is 4.74 Å². The first-order chi connectivity index (χ1) is 11.9. The summed E-state index contributed by atoms with van der Waals surface area (Å²) in [5, 5.41) is 0. The van der Waals surface area contributed by atoms with E-state index >= 15 is 0 Å². The van der Waals surface area contributed by atoms with E-state index in [9.17, 15) is 4.79 Å². The summed E-state index contributed by atoms with van der Waals surface area (Å²) < 4.78 is 5.59. The molecule has 4 fully saturated rings. The fourth-order valence-corrected chi connectivity index (χ4v) is 7.88. The number of esters is 1. The summed E-state index contributed by atoms with van der Waals surface area (Å²) in [4.78, 5) is 11.4. The largest absolute Gasteiger partial charge is 0.463 e. The minimum absolute atomic E-state index is 0.0967. The molecular formula is C23H36O2. The maximum Gasteiger partial charge on any atom is 0.302 e. The van der Waals surface area contributed by atoms with Gasteiger partial charge in [-0.25, -0.2) is 0 Å². The number of hydrogen-bond acceptors (Lipinski definition) is 2. The lowest BCUT2D eigenvalue weighted by atomic mass is 9.45. The summed E-state index contributed by atoms with van der Waals surface area (Å²) in [6.07, 6.45) is 14.4. The molecule has 0 N–H and O–H groups in total. The minimum Gasteiger partial charge on any atom is -0.463 e. The molecule has 0 aromatic rings. The van der Waals surface area contributed by atoms with Crippen molar-refractivity contribution in [2.24, 2.45) is 34.5 Å². The van der Waals surface area contributed by atoms with Crippen molar-refractivity contribution in [3.63, 3.8) is 0 Å². The predicted molar refractivity (Wildman–Crippen MR) is 101 cm³/mol. The van der Waals surface area contributed by atoms with Crippen LogP contribution in [0.1, 0.15) is 85.5 Å². The molecule has 0 spiro atoms. The van der Waals surface area contributed by atoms with Crippen LogP contribution in [-0.2, 0) is 9.53 Å². The van der Waals surface area contributed by atoms with Gasteiger partial charge in [0.1, 0.15) is 6.10 Å². The Bertz CT molecular complexity index is 579. The van der Waals surface area contributed by atoms with E-state index in [4.69, 9.17) is 4.74 Å². The average molecular weight is 345 g/mol. The van der Waals surface area contributed by atoms with Crippen LogP contribution >= 0.6 is 0 Å². The van der Waals surface area contributed by atoms with Gasteiger partial charge in [0.05, 0.1) is 0 Å². The van der Waals surface area contributed by atoms with Gasteiger partial charge >= 0.3 is 5.97 Å². The number of ether oxygens (including phenoxy) is 1. The Hall–Kier alpha value is -0.790. The van der Waals surface area contributed by atoms with Gasteiger partial charge in [-0.2, -0.15) is 0 Å². The molecule has 2 nitrogen and oxygen atoms in total. The van der Waals surface area contributed by atoms with Gasteiger partial charge in [0.25, 0.3) is 0 Å². The Morgan fingerprint density at radius 1 is 1.08 bits per heavy atom. The number of hydrogen-bond donors (Lipinski definition) is 0. The molecule has 0 radical (unpaired) electrons. The first kappa shape index (κ1) is 17.6. The summed E-state index contributed by atoms with van der Waals surface area (Å²) in [5.74, 6) is 3.42. The van der Waals surface area contributed by atoms with Crippen molar-refractivity contribution >= 4 is 5.97 Å². The van der Waals surface area contributed by atoms with Crippen molar-refractivity contribution < 1.29 is 9.53 Å². The molecule has 0 heterocycles. The molecule has 0 aromatic heterocycles. The summed E-state index contributed by atoms with van der Waals surface area (Å²) in [6, 6.07) is 0. The fraction of sp³-hybridized carbons (Fsp3) is 0.870. The molecule has 140 valence electrons. The van der Waals surface area contributed by atoms with E-state index in [0.29, 0.717) is 10.8 Å². The quantitative estimate of drug-likeness (QED) is 0.437. The molecule has 4 aliphatic carbocycles. The van der Waals surface area contributed by atoms with Gasteiger partial charge in [-0.1, -0.05) is 25.5 Å². The van der Waals surface area contributed by atoms with Crippen LogP contribution in [0.4, 0.5) is 0 Å². The fourth-order valence-electron chi connectivity index (χ4n) is 7.88. The third-order valence-electron chi connectivity index (χ3n) is 9.15. The number of fused-ring (bicyclic) bond motifs is 5. The Morgan fingerprint density at radius 2 is 1.88 bits per heavy atom. The van der Waals surface area contributed by atoms with E-state index in [-0.39, 0.29) is 12.1 Å². The molecule has 7 atom stereocenters. The second-order valence-electron chi connectivity index (χ2n) is 9.97. The average Bonchev–Trinajstić information content (AvgIpc) is 2.91. The van der Waals surface area contributed by atoms with E-state index in [0.717, 1.165) is 36.5 Å². The summed E-state index contributed by atoms with van der Waals surface area (Å²) in [5.41, 5.74) is 2.73. The van der Waals surface area contributed by atoms with Crippen molar-refractivity contribution in [3.8, 4) is 0 Å². The number of carbonyl (C=O) groups excluding carboxylic acids is 1. The molecule has 7 unspecified atom stereocenters. The SMILES string of the molecule is C/C=C1/CCC2C3CCC4CC(OC(C)=O)CCC4(C)C3CCC12C. The van der Waals surface area contributed by atoms with Gasteiger partial charge in [0.15, 0.2) is 0 Å².